The van der Waals surface area contributed by atoms with Crippen LogP contribution in [0, 0.1) is 5.92 Å². The molecule has 3 N–H and O–H groups in total. The van der Waals surface area contributed by atoms with Gasteiger partial charge in [-0.3, -0.25) is 9.52 Å². The van der Waals surface area contributed by atoms with Gasteiger partial charge in [0.1, 0.15) is 11.9 Å². The van der Waals surface area contributed by atoms with Crippen LogP contribution in [0.1, 0.15) is 51.5 Å². The molecule has 3 atom stereocenters. The van der Waals surface area contributed by atoms with E-state index in [4.69, 9.17) is 16.3 Å². The molecule has 0 spiro atoms. The zero-order chi connectivity index (χ0) is 30.4. The molecule has 12 heteroatoms. The molecule has 0 aromatic heterocycles. The van der Waals surface area contributed by atoms with Gasteiger partial charge in [-0.2, -0.15) is 0 Å². The second-order valence-corrected chi connectivity index (χ2v) is 13.6. The minimum absolute atomic E-state index is 0.0480. The van der Waals surface area contributed by atoms with E-state index in [1.54, 1.807) is 42.0 Å². The lowest BCUT2D eigenvalue weighted by molar-refractivity contribution is -0.134. The summed E-state index contributed by atoms with van der Waals surface area (Å²) in [5, 5.41) is 13.4. The van der Waals surface area contributed by atoms with E-state index in [9.17, 15) is 23.1 Å². The number of rotatable bonds is 8. The average molecular weight is 621 g/mol. The number of fused-ring (bicyclic) bond motifs is 1. The lowest BCUT2D eigenvalue weighted by atomic mass is 9.96. The Balaban J connectivity index is 1.59. The molecule has 1 saturated carbocycles. The third-order valence-electron chi connectivity index (χ3n) is 8.03. The number of ether oxygens (including phenoxy) is 1. The number of nitrogens with one attached hydrogen (secondary N) is 2. The Bertz CT molecular complexity index is 1350. The Morgan fingerprint density at radius 3 is 2.52 bits per heavy atom. The monoisotopic (exact) mass is 620 g/mol. The van der Waals surface area contributed by atoms with E-state index in [1.165, 1.54) is 30.7 Å². The molecule has 2 aliphatic rings. The standard InChI is InChI=1S/C30H41ClN4O6S/c1-20-17-35(21(2)19-36)29(37)16-22-15-25(33-42(39,40)26-12-9-23(31)10-13-26)11-14-27(22)41-28(20)18-34(3)30(38)32-24-7-5-4-6-8-24/h9-15,20-21,24,28,33,36H,4-8,16-19H2,1-3H3,(H,32,38)/t20-,21-,28-/m0/s1. The van der Waals surface area contributed by atoms with Gasteiger partial charge in [0.15, 0.2) is 0 Å². The van der Waals surface area contributed by atoms with Crippen molar-refractivity contribution in [3.8, 4) is 5.75 Å². The van der Waals surface area contributed by atoms with Crippen LogP contribution < -0.4 is 14.8 Å². The van der Waals surface area contributed by atoms with Crippen molar-refractivity contribution in [1.82, 2.24) is 15.1 Å². The Morgan fingerprint density at radius 1 is 1.17 bits per heavy atom. The predicted molar refractivity (Wildman–Crippen MR) is 162 cm³/mol. The van der Waals surface area contributed by atoms with Gasteiger partial charge in [0, 0.05) is 41.8 Å². The van der Waals surface area contributed by atoms with Crippen molar-refractivity contribution in [3.05, 3.63) is 53.1 Å². The summed E-state index contributed by atoms with van der Waals surface area (Å²) in [6.07, 6.45) is 4.85. The number of hydrogen-bond donors (Lipinski definition) is 3. The second-order valence-electron chi connectivity index (χ2n) is 11.4. The van der Waals surface area contributed by atoms with Crippen LogP contribution in [-0.2, 0) is 21.2 Å². The Hall–Kier alpha value is -3.02. The zero-order valence-corrected chi connectivity index (χ0v) is 26.0. The van der Waals surface area contributed by atoms with Gasteiger partial charge in [0.2, 0.25) is 5.91 Å². The smallest absolute Gasteiger partial charge is 0.317 e. The van der Waals surface area contributed by atoms with Crippen LogP contribution in [0.2, 0.25) is 5.02 Å². The number of amides is 3. The fourth-order valence-corrected chi connectivity index (χ4v) is 6.60. The zero-order valence-electron chi connectivity index (χ0n) is 24.4. The van der Waals surface area contributed by atoms with Crippen LogP contribution in [0.25, 0.3) is 0 Å². The highest BCUT2D eigenvalue weighted by Crippen LogP contribution is 2.30. The molecule has 2 aromatic rings. The molecule has 42 heavy (non-hydrogen) atoms. The first kappa shape index (κ1) is 31.9. The highest BCUT2D eigenvalue weighted by molar-refractivity contribution is 7.92. The molecule has 1 fully saturated rings. The molecule has 0 unspecified atom stereocenters. The van der Waals surface area contributed by atoms with E-state index in [1.807, 2.05) is 6.92 Å². The predicted octanol–water partition coefficient (Wildman–Crippen LogP) is 4.26. The molecule has 4 rings (SSSR count). The van der Waals surface area contributed by atoms with Crippen molar-refractivity contribution in [2.75, 3.05) is 31.5 Å². The minimum atomic E-state index is -3.91. The number of anilines is 1. The number of nitrogens with zero attached hydrogens (tertiary/aromatic N) is 2. The number of carbonyl (C=O) groups excluding carboxylic acids is 2. The van der Waals surface area contributed by atoms with E-state index in [-0.39, 0.29) is 54.1 Å². The quantitative estimate of drug-likeness (QED) is 0.405. The van der Waals surface area contributed by atoms with Crippen molar-refractivity contribution < 1.29 is 27.9 Å². The van der Waals surface area contributed by atoms with Crippen molar-refractivity contribution in [2.24, 2.45) is 5.92 Å². The van der Waals surface area contributed by atoms with E-state index >= 15 is 0 Å². The first-order valence-corrected chi connectivity index (χ1v) is 16.3. The fraction of sp³-hybridized carbons (Fsp3) is 0.533. The Morgan fingerprint density at radius 2 is 1.86 bits per heavy atom. The van der Waals surface area contributed by atoms with Gasteiger partial charge in [-0.25, -0.2) is 13.2 Å². The number of likely N-dealkylation sites (N-methyl/N-ethyl adjacent to an activating group) is 1. The molecule has 1 heterocycles. The molecule has 2 aromatic carbocycles. The van der Waals surface area contributed by atoms with Gasteiger partial charge in [0.05, 0.1) is 30.5 Å². The highest BCUT2D eigenvalue weighted by Gasteiger charge is 2.32. The lowest BCUT2D eigenvalue weighted by Gasteiger charge is -2.34. The average Bonchev–Trinajstić information content (AvgIpc) is 3.00. The minimum Gasteiger partial charge on any atom is -0.488 e. The SMILES string of the molecule is C[C@H]1CN([C@@H](C)CO)C(=O)Cc2cc(NS(=O)(=O)c3ccc(Cl)cc3)ccc2O[C@H]1CN(C)C(=O)NC1CCCCC1. The van der Waals surface area contributed by atoms with Crippen molar-refractivity contribution in [3.63, 3.8) is 0 Å². The maximum atomic E-state index is 13.5. The topological polar surface area (TPSA) is 128 Å². The van der Waals surface area contributed by atoms with E-state index in [2.05, 4.69) is 10.0 Å². The number of sulfonamides is 1. The number of aliphatic hydroxyl groups is 1. The number of benzene rings is 2. The molecule has 1 aliphatic heterocycles. The summed E-state index contributed by atoms with van der Waals surface area (Å²) < 4.78 is 35.0. The van der Waals surface area contributed by atoms with Gasteiger partial charge in [-0.05, 0) is 62.2 Å². The van der Waals surface area contributed by atoms with Crippen LogP contribution in [-0.4, -0.2) is 80.2 Å². The van der Waals surface area contributed by atoms with Gasteiger partial charge in [-0.15, -0.1) is 0 Å². The number of carbonyl (C=O) groups is 2. The van der Waals surface area contributed by atoms with Crippen LogP contribution in [0.15, 0.2) is 47.4 Å². The van der Waals surface area contributed by atoms with Gasteiger partial charge >= 0.3 is 6.03 Å². The molecule has 3 amide bonds. The number of urea groups is 1. The summed E-state index contributed by atoms with van der Waals surface area (Å²) in [5.41, 5.74) is 0.773. The van der Waals surface area contributed by atoms with Crippen molar-refractivity contribution in [2.45, 2.75) is 75.5 Å². The van der Waals surface area contributed by atoms with E-state index in [0.717, 1.165) is 25.7 Å². The number of hydrogen-bond acceptors (Lipinski definition) is 6. The molecule has 0 saturated heterocycles. The molecule has 1 aliphatic carbocycles. The van der Waals surface area contributed by atoms with Crippen LogP contribution in [0.4, 0.5) is 10.5 Å². The van der Waals surface area contributed by atoms with Crippen LogP contribution >= 0.6 is 11.6 Å². The first-order chi connectivity index (χ1) is 20.0. The Kier molecular flexibility index (Phi) is 10.6. The van der Waals surface area contributed by atoms with Crippen molar-refractivity contribution in [1.29, 1.82) is 0 Å². The molecular weight excluding hydrogens is 580 g/mol. The summed E-state index contributed by atoms with van der Waals surface area (Å²) in [4.78, 5) is 29.8. The largest absolute Gasteiger partial charge is 0.488 e. The normalized spacial score (nSPS) is 20.8. The third kappa shape index (κ3) is 8.08. The van der Waals surface area contributed by atoms with E-state index in [0.29, 0.717) is 22.9 Å². The summed E-state index contributed by atoms with van der Waals surface area (Å²) in [6.45, 7) is 4.13. The first-order valence-electron chi connectivity index (χ1n) is 14.5. The number of halogens is 1. The van der Waals surface area contributed by atoms with Gasteiger partial charge in [0.25, 0.3) is 10.0 Å². The van der Waals surface area contributed by atoms with Gasteiger partial charge < -0.3 is 25.0 Å². The molecule has 230 valence electrons. The molecule has 0 bridgehead atoms. The highest BCUT2D eigenvalue weighted by atomic mass is 35.5. The molecular formula is C30H41ClN4O6S. The van der Waals surface area contributed by atoms with Gasteiger partial charge in [-0.1, -0.05) is 37.8 Å². The molecule has 0 radical (unpaired) electrons. The fourth-order valence-electron chi connectivity index (χ4n) is 5.42. The molecule has 10 nitrogen and oxygen atoms in total. The maximum absolute atomic E-state index is 13.5. The second kappa shape index (κ2) is 14.0. The van der Waals surface area contributed by atoms with Crippen molar-refractivity contribution >= 4 is 39.2 Å². The summed E-state index contributed by atoms with van der Waals surface area (Å²) in [5.74, 6) is 0.0474. The summed E-state index contributed by atoms with van der Waals surface area (Å²) in [7, 11) is -2.18. The van der Waals surface area contributed by atoms with Crippen LogP contribution in [0.5, 0.6) is 5.75 Å². The Labute approximate surface area is 253 Å². The maximum Gasteiger partial charge on any atom is 0.317 e. The van der Waals surface area contributed by atoms with Crippen LogP contribution in [0.3, 0.4) is 0 Å². The number of aliphatic hydroxyl groups excluding tert-OH is 1. The third-order valence-corrected chi connectivity index (χ3v) is 9.68. The summed E-state index contributed by atoms with van der Waals surface area (Å²) >= 11 is 5.91. The van der Waals surface area contributed by atoms with E-state index < -0.39 is 22.2 Å². The lowest BCUT2D eigenvalue weighted by Crippen LogP contribution is -2.50. The summed E-state index contributed by atoms with van der Waals surface area (Å²) in [6, 6.07) is 10.2.